The van der Waals surface area contributed by atoms with Crippen molar-refractivity contribution in [2.75, 3.05) is 0 Å². The van der Waals surface area contributed by atoms with Crippen LogP contribution in [0.3, 0.4) is 0 Å². The molecule has 0 fully saturated rings. The third kappa shape index (κ3) is 15800. The molecule has 0 unspecified atom stereocenters. The molecule has 21 heavy (non-hydrogen) atoms. The Bertz CT molecular complexity index is 124. The third-order valence-electron chi connectivity index (χ3n) is 0. The van der Waals surface area contributed by atoms with E-state index in [1.165, 1.54) is 0 Å². The van der Waals surface area contributed by atoms with Gasteiger partial charge in [-0.2, -0.15) is 0 Å². The Morgan fingerprint density at radius 1 is 0.429 bits per heavy atom. The second kappa shape index (κ2) is 85.5. The number of rotatable bonds is 0. The van der Waals surface area contributed by atoms with Gasteiger partial charge in [-0.1, -0.05) is 0 Å². The van der Waals surface area contributed by atoms with Crippen molar-refractivity contribution in [1.29, 1.82) is 0 Å². The van der Waals surface area contributed by atoms with E-state index in [9.17, 15) is 0 Å². The monoisotopic (exact) mass is 364 g/mol. The molecule has 0 aliphatic heterocycles. The van der Waals surface area contributed by atoms with Gasteiger partial charge in [0, 0.05) is 0 Å². The fraction of sp³-hybridized carbons (Fsp3) is 0. The largest absolute Gasteiger partial charge is 2.00 e. The van der Waals surface area contributed by atoms with Gasteiger partial charge in [-0.25, -0.2) is 0 Å². The molecule has 0 aliphatic carbocycles. The van der Waals surface area contributed by atoms with E-state index in [0.717, 1.165) is 0 Å². The molecular weight excluding hydrogens is 357 g/mol. The summed E-state index contributed by atoms with van der Waals surface area (Å²) < 4.78 is 0. The van der Waals surface area contributed by atoms with Crippen LogP contribution in [0.4, 0.5) is 14.4 Å². The summed E-state index contributed by atoms with van der Waals surface area (Å²) in [6.07, 6.45) is -7.00. The average molecular weight is 365 g/mol. The van der Waals surface area contributed by atoms with Crippen molar-refractivity contribution in [2.24, 2.45) is 0 Å². The average Bonchev–Trinajstić information content (AvgIpc) is 1.54. The summed E-state index contributed by atoms with van der Waals surface area (Å²) in [5.41, 5.74) is 0. The molecular formula is C3H8Mg4O14. The van der Waals surface area contributed by atoms with Crippen LogP contribution in [0.5, 0.6) is 0 Å². The van der Waals surface area contributed by atoms with Gasteiger partial charge in [0.15, 0.2) is 0 Å². The van der Waals surface area contributed by atoms with Crippen LogP contribution in [0.2, 0.25) is 0 Å². The van der Waals surface area contributed by atoms with Crippen LogP contribution in [0.1, 0.15) is 0 Å². The Kier molecular flexibility index (Phi) is 403. The van der Waals surface area contributed by atoms with Crippen LogP contribution in [0.25, 0.3) is 0 Å². The summed E-state index contributed by atoms with van der Waals surface area (Å²) >= 11 is 0. The minimum atomic E-state index is -2.33. The van der Waals surface area contributed by atoms with Gasteiger partial charge >= 0.3 is 92.2 Å². The molecule has 14 nitrogen and oxygen atoms in total. The van der Waals surface area contributed by atoms with Gasteiger partial charge in [0.2, 0.25) is 0 Å². The molecule has 0 saturated carbocycles. The minimum absolute atomic E-state index is 0. The molecule has 0 bridgehead atoms. The first-order chi connectivity index (χ1) is 5.20. The van der Waals surface area contributed by atoms with Crippen LogP contribution < -0.4 is 30.6 Å². The predicted molar refractivity (Wildman–Crippen MR) is 53.9 cm³/mol. The molecule has 0 saturated heterocycles. The topological polar surface area (TPSA) is 344 Å². The zero-order chi connectivity index (χ0) is 10.7. The third-order valence-corrected chi connectivity index (χ3v) is 0. The van der Waals surface area contributed by atoms with Crippen LogP contribution in [-0.2, 0) is 0 Å². The smallest absolute Gasteiger partial charge is 0.870 e. The number of carboxylic acid groups (broad SMARTS) is 6. The maximum absolute atomic E-state index is 8.33. The van der Waals surface area contributed by atoms with Crippen LogP contribution >= 0.6 is 0 Å². The van der Waals surface area contributed by atoms with E-state index in [-0.39, 0.29) is 120 Å². The van der Waals surface area contributed by atoms with Crippen molar-refractivity contribution in [3.05, 3.63) is 0 Å². The van der Waals surface area contributed by atoms with E-state index in [1.807, 2.05) is 0 Å². The van der Waals surface area contributed by atoms with E-state index in [2.05, 4.69) is 0 Å². The van der Waals surface area contributed by atoms with Crippen LogP contribution in [-0.4, -0.2) is 138 Å². The summed E-state index contributed by atoms with van der Waals surface area (Å²) in [4.78, 5) is 25.0. The second-order valence-electron chi connectivity index (χ2n) is 0.750. The number of hydrogen-bond donors (Lipinski definition) is 0. The van der Waals surface area contributed by atoms with E-state index >= 15 is 0 Å². The summed E-state index contributed by atoms with van der Waals surface area (Å²) in [6, 6.07) is 0. The number of hydrogen-bond acceptors (Lipinski definition) is 11. The van der Waals surface area contributed by atoms with Gasteiger partial charge in [0.25, 0.3) is 0 Å². The van der Waals surface area contributed by atoms with E-state index < -0.39 is 18.5 Å². The molecule has 112 valence electrons. The Balaban J connectivity index is -0.00000000476. The van der Waals surface area contributed by atoms with E-state index in [4.69, 9.17) is 45.0 Å². The molecule has 0 aromatic rings. The molecule has 0 radical (unpaired) electrons. The fourth-order valence-corrected chi connectivity index (χ4v) is 0. The second-order valence-corrected chi connectivity index (χ2v) is 0.750. The molecule has 0 rings (SSSR count). The molecule has 0 aromatic carbocycles. The summed E-state index contributed by atoms with van der Waals surface area (Å²) in [7, 11) is 0. The first-order valence-electron chi connectivity index (χ1n) is 1.84. The van der Waals surface area contributed by atoms with Crippen molar-refractivity contribution >= 4 is 111 Å². The van der Waals surface area contributed by atoms with E-state index in [1.54, 1.807) is 0 Å². The Morgan fingerprint density at radius 3 is 0.429 bits per heavy atom. The van der Waals surface area contributed by atoms with Gasteiger partial charge in [-0.15, -0.1) is 0 Å². The molecule has 0 aliphatic rings. The van der Waals surface area contributed by atoms with Gasteiger partial charge in [0.05, 0.1) is 0 Å². The Morgan fingerprint density at radius 2 is 0.429 bits per heavy atom. The minimum Gasteiger partial charge on any atom is -0.870 e. The fourth-order valence-electron chi connectivity index (χ4n) is 0. The Hall–Kier alpha value is 0.675. The quantitative estimate of drug-likeness (QED) is 0.362. The number of carbonyl (C=O) groups excluding carboxylic acids is 3. The molecule has 18 heteroatoms. The summed E-state index contributed by atoms with van der Waals surface area (Å²) in [6.45, 7) is 0. The zero-order valence-electron chi connectivity index (χ0n) is 10.4. The van der Waals surface area contributed by atoms with Crippen molar-refractivity contribution in [1.82, 2.24) is 0 Å². The van der Waals surface area contributed by atoms with Crippen LogP contribution in [0.15, 0.2) is 0 Å². The zero-order valence-corrected chi connectivity index (χ0v) is 16.1. The maximum atomic E-state index is 8.33. The van der Waals surface area contributed by atoms with Gasteiger partial charge in [-0.3, -0.25) is 0 Å². The van der Waals surface area contributed by atoms with Crippen molar-refractivity contribution in [3.8, 4) is 0 Å². The van der Waals surface area contributed by atoms with Gasteiger partial charge in [-0.05, 0) is 18.5 Å². The predicted octanol–water partition coefficient (Wildman–Crippen LogP) is -11.7. The van der Waals surface area contributed by atoms with Crippen molar-refractivity contribution < 1.29 is 72.4 Å². The molecule has 0 aromatic heterocycles. The summed E-state index contributed by atoms with van der Waals surface area (Å²) in [5.74, 6) is 0. The summed E-state index contributed by atoms with van der Waals surface area (Å²) in [5, 5.41) is 50.0. The molecule has 0 spiro atoms. The molecule has 0 heterocycles. The normalized spacial score (nSPS) is 3.43. The van der Waals surface area contributed by atoms with Crippen LogP contribution in [0, 0.1) is 0 Å². The maximum Gasteiger partial charge on any atom is 2.00 e. The SMILES string of the molecule is O.O.O.O=C([O-])[O-].O=C([O-])[O-].O=C([O-])[O-].[Mg+2].[Mg+2].[Mg+2].[Mg+2].[OH-].[OH-]. The first kappa shape index (κ1) is 99.0. The van der Waals surface area contributed by atoms with Gasteiger partial charge in [0.1, 0.15) is 0 Å². The van der Waals surface area contributed by atoms with Crippen molar-refractivity contribution in [2.45, 2.75) is 0 Å². The van der Waals surface area contributed by atoms with Crippen molar-refractivity contribution in [3.63, 3.8) is 0 Å². The van der Waals surface area contributed by atoms with E-state index in [0.29, 0.717) is 0 Å². The number of carbonyl (C=O) groups is 3. The Labute approximate surface area is 181 Å². The first-order valence-corrected chi connectivity index (χ1v) is 1.84. The molecule has 0 atom stereocenters. The molecule has 0 amide bonds. The molecule has 8 N–H and O–H groups in total. The van der Waals surface area contributed by atoms with Gasteiger partial charge < -0.3 is 72.4 Å². The standard InChI is InChI=1S/3CH2O3.4Mg.5H2O/c3*2-1(3)4;;;;;;;;;/h3*(H2,2,3,4);;;;;5*1H2/q;;;4*+2;;;;;/p-8.